The van der Waals surface area contributed by atoms with Crippen LogP contribution in [0.1, 0.15) is 24.5 Å². The summed E-state index contributed by atoms with van der Waals surface area (Å²) >= 11 is 0. The van der Waals surface area contributed by atoms with Crippen molar-refractivity contribution in [3.05, 3.63) is 23.3 Å². The van der Waals surface area contributed by atoms with Crippen LogP contribution >= 0.6 is 0 Å². The van der Waals surface area contributed by atoms with Gasteiger partial charge in [0.2, 0.25) is 0 Å². The van der Waals surface area contributed by atoms with E-state index in [1.807, 2.05) is 19.1 Å². The second kappa shape index (κ2) is 3.40. The normalized spacial score (nSPS) is 29.6. The Labute approximate surface area is 101 Å². The van der Waals surface area contributed by atoms with Gasteiger partial charge in [-0.2, -0.15) is 5.26 Å². The Morgan fingerprint density at radius 3 is 2.41 bits per heavy atom. The summed E-state index contributed by atoms with van der Waals surface area (Å²) in [6, 6.07) is 6.46. The predicted molar refractivity (Wildman–Crippen MR) is 63.2 cm³/mol. The van der Waals surface area contributed by atoms with Gasteiger partial charge in [0, 0.05) is 0 Å². The second-order valence-electron chi connectivity index (χ2n) is 5.00. The van der Waals surface area contributed by atoms with Gasteiger partial charge in [-0.3, -0.25) is 0 Å². The van der Waals surface area contributed by atoms with Gasteiger partial charge in [0.25, 0.3) is 0 Å². The Balaban J connectivity index is 2.10. The molecule has 1 aliphatic heterocycles. The summed E-state index contributed by atoms with van der Waals surface area (Å²) in [7, 11) is 0. The number of ether oxygens (including phenoxy) is 2. The van der Waals surface area contributed by atoms with Crippen molar-refractivity contribution < 1.29 is 9.47 Å². The molecule has 2 unspecified atom stereocenters. The number of fused-ring (bicyclic) bond motifs is 1. The summed E-state index contributed by atoms with van der Waals surface area (Å²) in [6.07, 6.45) is 0.948. The maximum absolute atomic E-state index is 9.39. The van der Waals surface area contributed by atoms with E-state index in [-0.39, 0.29) is 5.41 Å². The van der Waals surface area contributed by atoms with Crippen molar-refractivity contribution in [3.63, 3.8) is 0 Å². The van der Waals surface area contributed by atoms with Crippen LogP contribution in [0.5, 0.6) is 11.5 Å². The van der Waals surface area contributed by atoms with E-state index in [1.54, 1.807) is 0 Å². The molecule has 3 rings (SSSR count). The molecule has 0 aromatic heterocycles. The Kier molecular flexibility index (Phi) is 2.09. The van der Waals surface area contributed by atoms with Crippen molar-refractivity contribution in [1.82, 2.24) is 0 Å². The van der Waals surface area contributed by atoms with Crippen molar-refractivity contribution in [2.24, 2.45) is 5.92 Å². The molecule has 1 aromatic carbocycles. The van der Waals surface area contributed by atoms with Crippen LogP contribution in [0.3, 0.4) is 0 Å². The van der Waals surface area contributed by atoms with Crippen molar-refractivity contribution >= 4 is 0 Å². The van der Waals surface area contributed by atoms with Gasteiger partial charge in [0.1, 0.15) is 13.2 Å². The standard InChI is InChI=1S/C14H15NO2/c1-9-5-12-13(17-4-3-16-12)6-11(9)14(8-15)7-10(14)2/h5-6,10H,3-4,7H2,1-2H3. The molecule has 1 heterocycles. The molecule has 2 atom stereocenters. The van der Waals surface area contributed by atoms with Crippen LogP contribution < -0.4 is 9.47 Å². The van der Waals surface area contributed by atoms with Gasteiger partial charge in [-0.1, -0.05) is 6.92 Å². The fourth-order valence-electron chi connectivity index (χ4n) is 2.69. The van der Waals surface area contributed by atoms with Crippen molar-refractivity contribution in [2.45, 2.75) is 25.7 Å². The molecule has 3 nitrogen and oxygen atoms in total. The summed E-state index contributed by atoms with van der Waals surface area (Å²) in [5.41, 5.74) is 1.94. The van der Waals surface area contributed by atoms with E-state index in [0.717, 1.165) is 29.0 Å². The highest BCUT2D eigenvalue weighted by molar-refractivity contribution is 5.54. The molecule has 2 aliphatic rings. The summed E-state index contributed by atoms with van der Waals surface area (Å²) < 4.78 is 11.1. The van der Waals surface area contributed by atoms with Crippen molar-refractivity contribution in [3.8, 4) is 17.6 Å². The molecule has 3 heteroatoms. The quantitative estimate of drug-likeness (QED) is 0.743. The van der Waals surface area contributed by atoms with E-state index < -0.39 is 0 Å². The minimum Gasteiger partial charge on any atom is -0.486 e. The number of nitriles is 1. The molecule has 1 saturated carbocycles. The van der Waals surface area contributed by atoms with Crippen LogP contribution in [0.2, 0.25) is 0 Å². The van der Waals surface area contributed by atoms with Gasteiger partial charge in [-0.25, -0.2) is 0 Å². The van der Waals surface area contributed by atoms with E-state index >= 15 is 0 Å². The van der Waals surface area contributed by atoms with E-state index in [0.29, 0.717) is 19.1 Å². The number of benzene rings is 1. The summed E-state index contributed by atoms with van der Waals surface area (Å²) in [5.74, 6) is 2.03. The van der Waals surface area contributed by atoms with E-state index in [2.05, 4.69) is 13.0 Å². The Morgan fingerprint density at radius 2 is 1.88 bits per heavy atom. The summed E-state index contributed by atoms with van der Waals surface area (Å²) in [5, 5.41) is 9.39. The lowest BCUT2D eigenvalue weighted by Crippen LogP contribution is -2.17. The van der Waals surface area contributed by atoms with Crippen molar-refractivity contribution in [2.75, 3.05) is 13.2 Å². The van der Waals surface area contributed by atoms with Crippen LogP contribution in [-0.2, 0) is 5.41 Å². The molecule has 17 heavy (non-hydrogen) atoms. The van der Waals surface area contributed by atoms with E-state index in [9.17, 15) is 5.26 Å². The largest absolute Gasteiger partial charge is 0.486 e. The monoisotopic (exact) mass is 229 g/mol. The topological polar surface area (TPSA) is 42.2 Å². The van der Waals surface area contributed by atoms with Gasteiger partial charge in [0.05, 0.1) is 11.5 Å². The molecule has 1 aliphatic carbocycles. The molecule has 1 aromatic rings. The SMILES string of the molecule is Cc1cc2c(cc1C1(C#N)CC1C)OCCO2. The zero-order valence-corrected chi connectivity index (χ0v) is 10.1. The fraction of sp³-hybridized carbons (Fsp3) is 0.500. The Morgan fingerprint density at radius 1 is 1.29 bits per heavy atom. The maximum atomic E-state index is 9.39. The van der Waals surface area contributed by atoms with Crippen molar-refractivity contribution in [1.29, 1.82) is 5.26 Å². The molecule has 0 amide bonds. The van der Waals surface area contributed by atoms with Crippen LogP contribution in [0, 0.1) is 24.2 Å². The van der Waals surface area contributed by atoms with E-state index in [1.165, 1.54) is 0 Å². The lowest BCUT2D eigenvalue weighted by molar-refractivity contribution is 0.171. The average molecular weight is 229 g/mol. The molecular formula is C14H15NO2. The third-order valence-electron chi connectivity index (χ3n) is 3.88. The first kappa shape index (κ1) is 10.5. The zero-order chi connectivity index (χ0) is 12.0. The van der Waals surface area contributed by atoms with Crippen LogP contribution in [0.4, 0.5) is 0 Å². The van der Waals surface area contributed by atoms with Gasteiger partial charge in [0.15, 0.2) is 11.5 Å². The molecular weight excluding hydrogens is 214 g/mol. The molecule has 0 saturated heterocycles. The number of hydrogen-bond acceptors (Lipinski definition) is 3. The number of rotatable bonds is 1. The second-order valence-corrected chi connectivity index (χ2v) is 5.00. The van der Waals surface area contributed by atoms with Crippen LogP contribution in [0.15, 0.2) is 12.1 Å². The summed E-state index contributed by atoms with van der Waals surface area (Å²) in [6.45, 7) is 5.35. The molecule has 1 fully saturated rings. The summed E-state index contributed by atoms with van der Waals surface area (Å²) in [4.78, 5) is 0. The van der Waals surface area contributed by atoms with Gasteiger partial charge < -0.3 is 9.47 Å². The first-order valence-electron chi connectivity index (χ1n) is 5.99. The van der Waals surface area contributed by atoms with Gasteiger partial charge >= 0.3 is 0 Å². The highest BCUT2D eigenvalue weighted by Crippen LogP contribution is 2.55. The first-order chi connectivity index (χ1) is 8.17. The van der Waals surface area contributed by atoms with Crippen LogP contribution in [-0.4, -0.2) is 13.2 Å². The molecule has 0 N–H and O–H groups in total. The van der Waals surface area contributed by atoms with Gasteiger partial charge in [-0.05, 0) is 42.5 Å². The molecule has 0 radical (unpaired) electrons. The minimum atomic E-state index is -0.292. The fourth-order valence-corrected chi connectivity index (χ4v) is 2.69. The maximum Gasteiger partial charge on any atom is 0.161 e. The zero-order valence-electron chi connectivity index (χ0n) is 10.1. The number of nitrogens with zero attached hydrogens (tertiary/aromatic N) is 1. The smallest absolute Gasteiger partial charge is 0.161 e. The van der Waals surface area contributed by atoms with Crippen LogP contribution in [0.25, 0.3) is 0 Å². The molecule has 0 bridgehead atoms. The highest BCUT2D eigenvalue weighted by atomic mass is 16.6. The third-order valence-corrected chi connectivity index (χ3v) is 3.88. The first-order valence-corrected chi connectivity index (χ1v) is 5.99. The number of hydrogen-bond donors (Lipinski definition) is 0. The Bertz CT molecular complexity index is 518. The predicted octanol–water partition coefficient (Wildman–Crippen LogP) is 2.57. The van der Waals surface area contributed by atoms with E-state index in [4.69, 9.17) is 9.47 Å². The Hall–Kier alpha value is -1.69. The molecule has 88 valence electrons. The lowest BCUT2D eigenvalue weighted by atomic mass is 9.90. The highest BCUT2D eigenvalue weighted by Gasteiger charge is 2.54. The minimum absolute atomic E-state index is 0.292. The number of aryl methyl sites for hydroxylation is 1. The average Bonchev–Trinajstić information content (AvgIpc) is 3.00. The molecule has 0 spiro atoms. The third kappa shape index (κ3) is 1.40. The van der Waals surface area contributed by atoms with Gasteiger partial charge in [-0.15, -0.1) is 0 Å². The lowest BCUT2D eigenvalue weighted by Gasteiger charge is -2.21.